The molecular weight excluding hydrogens is 302 g/mol. The monoisotopic (exact) mass is 339 g/mol. The maximum atomic E-state index is 6.42. The largest absolute Gasteiger partial charge is 0.376 e. The van der Waals surface area contributed by atoms with Gasteiger partial charge in [-0.1, -0.05) is 27.2 Å². The molecular formula is C20H37NO3. The number of rotatable bonds is 5. The Hall–Kier alpha value is -0.160. The summed E-state index contributed by atoms with van der Waals surface area (Å²) in [5, 5.41) is 0. The lowest BCUT2D eigenvalue weighted by atomic mass is 9.68. The summed E-state index contributed by atoms with van der Waals surface area (Å²) in [4.78, 5) is 2.50. The van der Waals surface area contributed by atoms with Gasteiger partial charge in [-0.15, -0.1) is 0 Å². The van der Waals surface area contributed by atoms with E-state index in [1.165, 1.54) is 19.3 Å². The first-order valence-corrected chi connectivity index (χ1v) is 10.1. The molecule has 0 bridgehead atoms. The van der Waals surface area contributed by atoms with Crippen LogP contribution in [0.1, 0.15) is 66.2 Å². The Kier molecular flexibility index (Phi) is 5.90. The van der Waals surface area contributed by atoms with E-state index in [0.717, 1.165) is 58.0 Å². The van der Waals surface area contributed by atoms with Crippen LogP contribution < -0.4 is 0 Å². The van der Waals surface area contributed by atoms with Crippen molar-refractivity contribution in [2.75, 3.05) is 32.8 Å². The fourth-order valence-electron chi connectivity index (χ4n) is 4.57. The Morgan fingerprint density at radius 2 is 1.96 bits per heavy atom. The fraction of sp³-hybridized carbons (Fsp3) is 1.00. The average Bonchev–Trinajstić information content (AvgIpc) is 2.96. The molecule has 2 saturated heterocycles. The van der Waals surface area contributed by atoms with Crippen molar-refractivity contribution in [1.82, 2.24) is 4.90 Å². The van der Waals surface area contributed by atoms with Gasteiger partial charge in [0.25, 0.3) is 0 Å². The third-order valence-corrected chi connectivity index (χ3v) is 6.77. The van der Waals surface area contributed by atoms with Gasteiger partial charge in [0.1, 0.15) is 0 Å². The van der Waals surface area contributed by atoms with Crippen molar-refractivity contribution in [3.63, 3.8) is 0 Å². The van der Waals surface area contributed by atoms with E-state index in [2.05, 4.69) is 32.6 Å². The summed E-state index contributed by atoms with van der Waals surface area (Å²) in [7, 11) is 0. The summed E-state index contributed by atoms with van der Waals surface area (Å²) < 4.78 is 18.2. The van der Waals surface area contributed by atoms with Crippen LogP contribution in [-0.2, 0) is 14.2 Å². The smallest absolute Gasteiger partial charge is 0.168 e. The summed E-state index contributed by atoms with van der Waals surface area (Å²) in [5.74, 6) is 0.553. The first-order valence-electron chi connectivity index (χ1n) is 10.1. The lowest BCUT2D eigenvalue weighted by Crippen LogP contribution is -2.42. The summed E-state index contributed by atoms with van der Waals surface area (Å²) in [6.07, 6.45) is 7.62. The molecule has 0 aromatic rings. The van der Waals surface area contributed by atoms with Crippen molar-refractivity contribution in [3.8, 4) is 0 Å². The molecule has 2 aliphatic heterocycles. The van der Waals surface area contributed by atoms with Gasteiger partial charge in [0, 0.05) is 32.5 Å². The van der Waals surface area contributed by atoms with Crippen molar-refractivity contribution < 1.29 is 14.2 Å². The zero-order valence-electron chi connectivity index (χ0n) is 16.2. The SMILES string of the molecule is CCC(C)(C)C1CCC2(CC1)OCC(CCN1CCOC(C)C1)O2. The highest BCUT2D eigenvalue weighted by Crippen LogP contribution is 2.47. The predicted molar refractivity (Wildman–Crippen MR) is 96.1 cm³/mol. The predicted octanol–water partition coefficient (Wildman–Crippen LogP) is 3.84. The van der Waals surface area contributed by atoms with Crippen LogP contribution in [0.25, 0.3) is 0 Å². The topological polar surface area (TPSA) is 30.9 Å². The standard InChI is InChI=1S/C20H37NO3/c1-5-19(3,4)17-6-9-20(10-7-17)23-15-18(24-20)8-11-21-12-13-22-16(2)14-21/h16-18H,5-15H2,1-4H3. The van der Waals surface area contributed by atoms with Gasteiger partial charge in [-0.3, -0.25) is 4.90 Å². The third kappa shape index (κ3) is 4.32. The summed E-state index contributed by atoms with van der Waals surface area (Å²) in [5.41, 5.74) is 0.451. The fourth-order valence-corrected chi connectivity index (χ4v) is 4.57. The van der Waals surface area contributed by atoms with E-state index >= 15 is 0 Å². The molecule has 0 aromatic heterocycles. The minimum absolute atomic E-state index is 0.261. The number of nitrogens with zero attached hydrogens (tertiary/aromatic N) is 1. The number of morpholine rings is 1. The van der Waals surface area contributed by atoms with Gasteiger partial charge in [-0.05, 0) is 37.5 Å². The molecule has 0 aromatic carbocycles. The molecule has 2 heterocycles. The number of hydrogen-bond acceptors (Lipinski definition) is 4. The Morgan fingerprint density at radius 3 is 2.62 bits per heavy atom. The number of hydrogen-bond donors (Lipinski definition) is 0. The van der Waals surface area contributed by atoms with E-state index in [-0.39, 0.29) is 11.9 Å². The van der Waals surface area contributed by atoms with Crippen molar-refractivity contribution >= 4 is 0 Å². The van der Waals surface area contributed by atoms with E-state index in [9.17, 15) is 0 Å². The van der Waals surface area contributed by atoms with Gasteiger partial charge < -0.3 is 14.2 Å². The van der Waals surface area contributed by atoms with Gasteiger partial charge in [0.2, 0.25) is 0 Å². The Bertz CT molecular complexity index is 404. The van der Waals surface area contributed by atoms with Crippen molar-refractivity contribution in [3.05, 3.63) is 0 Å². The molecule has 3 rings (SSSR count). The summed E-state index contributed by atoms with van der Waals surface area (Å²) in [6, 6.07) is 0. The molecule has 1 spiro atoms. The second-order valence-electron chi connectivity index (χ2n) is 8.85. The zero-order valence-corrected chi connectivity index (χ0v) is 16.2. The molecule has 24 heavy (non-hydrogen) atoms. The van der Waals surface area contributed by atoms with E-state index in [1.807, 2.05) is 0 Å². The van der Waals surface area contributed by atoms with Crippen molar-refractivity contribution in [2.45, 2.75) is 84.2 Å². The molecule has 140 valence electrons. The molecule has 0 radical (unpaired) electrons. The van der Waals surface area contributed by atoms with Crippen LogP contribution in [0.15, 0.2) is 0 Å². The molecule has 4 heteroatoms. The van der Waals surface area contributed by atoms with Crippen LogP contribution in [0.5, 0.6) is 0 Å². The van der Waals surface area contributed by atoms with Gasteiger partial charge in [0.15, 0.2) is 5.79 Å². The molecule has 3 fully saturated rings. The Balaban J connectivity index is 1.42. The Morgan fingerprint density at radius 1 is 1.21 bits per heavy atom. The molecule has 0 N–H and O–H groups in total. The first-order chi connectivity index (χ1) is 11.4. The second kappa shape index (κ2) is 7.61. The maximum absolute atomic E-state index is 6.42. The van der Waals surface area contributed by atoms with Crippen LogP contribution in [0, 0.1) is 11.3 Å². The van der Waals surface area contributed by atoms with Gasteiger partial charge >= 0.3 is 0 Å². The van der Waals surface area contributed by atoms with Crippen LogP contribution in [0.2, 0.25) is 0 Å². The summed E-state index contributed by atoms with van der Waals surface area (Å²) >= 11 is 0. The van der Waals surface area contributed by atoms with Crippen LogP contribution in [0.4, 0.5) is 0 Å². The summed E-state index contributed by atoms with van der Waals surface area (Å²) in [6.45, 7) is 14.1. The second-order valence-corrected chi connectivity index (χ2v) is 8.85. The molecule has 3 aliphatic rings. The van der Waals surface area contributed by atoms with Crippen molar-refractivity contribution in [2.24, 2.45) is 11.3 Å². The van der Waals surface area contributed by atoms with Crippen LogP contribution >= 0.6 is 0 Å². The van der Waals surface area contributed by atoms with Crippen molar-refractivity contribution in [1.29, 1.82) is 0 Å². The molecule has 1 aliphatic carbocycles. The quantitative estimate of drug-likeness (QED) is 0.761. The number of ether oxygens (including phenoxy) is 3. The van der Waals surface area contributed by atoms with Gasteiger partial charge in [0.05, 0.1) is 25.4 Å². The zero-order chi connectivity index (χ0) is 17.2. The minimum atomic E-state index is -0.261. The molecule has 1 saturated carbocycles. The van der Waals surface area contributed by atoms with Gasteiger partial charge in [-0.25, -0.2) is 0 Å². The first kappa shape index (κ1) is 18.6. The van der Waals surface area contributed by atoms with Crippen LogP contribution in [-0.4, -0.2) is 55.7 Å². The Labute approximate surface area is 148 Å². The van der Waals surface area contributed by atoms with E-state index in [1.54, 1.807) is 0 Å². The third-order valence-electron chi connectivity index (χ3n) is 6.77. The average molecular weight is 340 g/mol. The van der Waals surface area contributed by atoms with Crippen LogP contribution in [0.3, 0.4) is 0 Å². The highest BCUT2D eigenvalue weighted by Gasteiger charge is 2.46. The molecule has 0 amide bonds. The van der Waals surface area contributed by atoms with E-state index < -0.39 is 0 Å². The highest BCUT2D eigenvalue weighted by molar-refractivity contribution is 4.90. The van der Waals surface area contributed by atoms with E-state index in [0.29, 0.717) is 11.5 Å². The molecule has 4 nitrogen and oxygen atoms in total. The lowest BCUT2D eigenvalue weighted by molar-refractivity contribution is -0.197. The normalized spacial score (nSPS) is 38.8. The highest BCUT2D eigenvalue weighted by atomic mass is 16.7. The maximum Gasteiger partial charge on any atom is 0.168 e. The van der Waals surface area contributed by atoms with E-state index in [4.69, 9.17) is 14.2 Å². The lowest BCUT2D eigenvalue weighted by Gasteiger charge is -2.42. The minimum Gasteiger partial charge on any atom is -0.376 e. The molecule has 2 unspecified atom stereocenters. The molecule has 2 atom stereocenters. The van der Waals surface area contributed by atoms with Gasteiger partial charge in [-0.2, -0.15) is 0 Å².